The lowest BCUT2D eigenvalue weighted by atomic mass is 9.98. The molecule has 10 heteroatoms. The van der Waals surface area contributed by atoms with Gasteiger partial charge in [0.2, 0.25) is 11.2 Å². The Morgan fingerprint density at radius 2 is 2.04 bits per heavy atom. The number of fused-ring (bicyclic) bond motifs is 1. The van der Waals surface area contributed by atoms with E-state index < -0.39 is 10.3 Å². The van der Waals surface area contributed by atoms with Crippen LogP contribution in [0.15, 0.2) is 36.5 Å². The van der Waals surface area contributed by atoms with Crippen LogP contribution in [0.1, 0.15) is 20.8 Å². The number of aromatic nitrogens is 3. The summed E-state index contributed by atoms with van der Waals surface area (Å²) in [6, 6.07) is 7.39. The van der Waals surface area contributed by atoms with Crippen molar-refractivity contribution in [2.45, 2.75) is 27.5 Å². The molecule has 2 aromatic heterocycles. The van der Waals surface area contributed by atoms with Crippen LogP contribution in [0.4, 0.5) is 5.69 Å². The highest BCUT2D eigenvalue weighted by atomic mass is 35.5. The summed E-state index contributed by atoms with van der Waals surface area (Å²) in [7, 11) is 0. The van der Waals surface area contributed by atoms with Gasteiger partial charge in [-0.15, -0.1) is 0 Å². The first-order chi connectivity index (χ1) is 13.1. The van der Waals surface area contributed by atoms with E-state index in [9.17, 15) is 14.9 Å². The smallest absolute Gasteiger partial charge is 0.312 e. The standard InChI is InChI=1S/C18H17ClN4O5/c1-18(2,3)16(24)27-10-22-8-7-13-14(22)20-17(19)21-15(13)28-12-6-4-5-11(9-12)23(25)26/h4-9H,10H2,1-3H3. The molecule has 0 amide bonds. The number of hydrogen-bond acceptors (Lipinski definition) is 7. The molecule has 0 fully saturated rings. The molecule has 0 aliphatic rings. The molecule has 0 spiro atoms. The minimum Gasteiger partial charge on any atom is -0.443 e. The van der Waals surface area contributed by atoms with Gasteiger partial charge in [0.15, 0.2) is 12.4 Å². The lowest BCUT2D eigenvalue weighted by molar-refractivity contribution is -0.384. The molecule has 0 aliphatic heterocycles. The van der Waals surface area contributed by atoms with Crippen LogP contribution in [0.3, 0.4) is 0 Å². The van der Waals surface area contributed by atoms with E-state index in [-0.39, 0.29) is 35.3 Å². The highest BCUT2D eigenvalue weighted by molar-refractivity contribution is 6.28. The van der Waals surface area contributed by atoms with E-state index in [1.807, 2.05) is 0 Å². The van der Waals surface area contributed by atoms with E-state index in [2.05, 4.69) is 9.97 Å². The molecule has 0 N–H and O–H groups in total. The zero-order chi connectivity index (χ0) is 20.5. The van der Waals surface area contributed by atoms with Crippen LogP contribution in [0, 0.1) is 15.5 Å². The fraction of sp³-hybridized carbons (Fsp3) is 0.278. The number of non-ortho nitro benzene ring substituents is 1. The van der Waals surface area contributed by atoms with Gasteiger partial charge in [-0.05, 0) is 44.5 Å². The van der Waals surface area contributed by atoms with Crippen molar-refractivity contribution >= 4 is 34.3 Å². The monoisotopic (exact) mass is 404 g/mol. The molecule has 3 aromatic rings. The Morgan fingerprint density at radius 3 is 2.71 bits per heavy atom. The van der Waals surface area contributed by atoms with Crippen molar-refractivity contribution in [3.63, 3.8) is 0 Å². The molecule has 146 valence electrons. The molecule has 1 aromatic carbocycles. The van der Waals surface area contributed by atoms with E-state index in [4.69, 9.17) is 21.1 Å². The lowest BCUT2D eigenvalue weighted by Crippen LogP contribution is -2.23. The third-order valence-electron chi connectivity index (χ3n) is 3.75. The quantitative estimate of drug-likeness (QED) is 0.269. The summed E-state index contributed by atoms with van der Waals surface area (Å²) < 4.78 is 12.6. The molecule has 28 heavy (non-hydrogen) atoms. The number of hydrogen-bond donors (Lipinski definition) is 0. The van der Waals surface area contributed by atoms with Crippen molar-refractivity contribution in [1.29, 1.82) is 0 Å². The second-order valence-electron chi connectivity index (χ2n) is 6.99. The van der Waals surface area contributed by atoms with Crippen molar-refractivity contribution in [3.05, 3.63) is 51.9 Å². The Kier molecular flexibility index (Phi) is 5.19. The number of carbonyl (C=O) groups excluding carboxylic acids is 1. The summed E-state index contributed by atoms with van der Waals surface area (Å²) in [6.45, 7) is 5.22. The van der Waals surface area contributed by atoms with Crippen LogP contribution in [-0.2, 0) is 16.3 Å². The maximum atomic E-state index is 12.0. The van der Waals surface area contributed by atoms with Gasteiger partial charge in [0.1, 0.15) is 5.75 Å². The SMILES string of the molecule is CC(C)(C)C(=O)OCn1ccc2c(Oc3cccc([N+](=O)[O-])c3)nc(Cl)nc21. The molecular formula is C18H17ClN4O5. The summed E-state index contributed by atoms with van der Waals surface area (Å²) in [5.74, 6) is 0.0103. The minimum absolute atomic E-state index is 0.0524. The average molecular weight is 405 g/mol. The number of esters is 1. The molecule has 0 saturated carbocycles. The second kappa shape index (κ2) is 7.43. The van der Waals surface area contributed by atoms with Crippen molar-refractivity contribution in [2.24, 2.45) is 5.41 Å². The highest BCUT2D eigenvalue weighted by Gasteiger charge is 2.23. The van der Waals surface area contributed by atoms with Gasteiger partial charge in [-0.1, -0.05) is 6.07 Å². The van der Waals surface area contributed by atoms with E-state index in [1.54, 1.807) is 43.7 Å². The van der Waals surface area contributed by atoms with Gasteiger partial charge in [0.05, 0.1) is 21.8 Å². The van der Waals surface area contributed by atoms with Crippen LogP contribution in [-0.4, -0.2) is 25.4 Å². The molecule has 3 rings (SSSR count). The van der Waals surface area contributed by atoms with Crippen LogP contribution in [0.25, 0.3) is 11.0 Å². The second-order valence-corrected chi connectivity index (χ2v) is 7.33. The van der Waals surface area contributed by atoms with E-state index in [0.717, 1.165) is 0 Å². The number of nitro groups is 1. The number of ether oxygens (including phenoxy) is 2. The number of halogens is 1. The minimum atomic E-state index is -0.633. The van der Waals surface area contributed by atoms with Gasteiger partial charge in [0, 0.05) is 12.3 Å². The number of nitrogens with zero attached hydrogens (tertiary/aromatic N) is 4. The van der Waals surface area contributed by atoms with Gasteiger partial charge >= 0.3 is 5.97 Å². The Balaban J connectivity index is 1.90. The Bertz CT molecular complexity index is 1060. The van der Waals surface area contributed by atoms with Gasteiger partial charge in [-0.3, -0.25) is 19.5 Å². The van der Waals surface area contributed by atoms with E-state index in [0.29, 0.717) is 11.0 Å². The predicted molar refractivity (Wildman–Crippen MR) is 101 cm³/mol. The van der Waals surface area contributed by atoms with Gasteiger partial charge in [0.25, 0.3) is 5.69 Å². The fourth-order valence-electron chi connectivity index (χ4n) is 2.31. The van der Waals surface area contributed by atoms with Crippen molar-refractivity contribution in [3.8, 4) is 11.6 Å². The molecule has 0 unspecified atom stereocenters. The number of nitro benzene ring substituents is 1. The van der Waals surface area contributed by atoms with Crippen LogP contribution in [0.5, 0.6) is 11.6 Å². The third-order valence-corrected chi connectivity index (χ3v) is 3.92. The van der Waals surface area contributed by atoms with Crippen molar-refractivity contribution in [2.75, 3.05) is 0 Å². The highest BCUT2D eigenvalue weighted by Crippen LogP contribution is 2.31. The molecule has 0 radical (unpaired) electrons. The zero-order valence-corrected chi connectivity index (χ0v) is 16.1. The van der Waals surface area contributed by atoms with Crippen molar-refractivity contribution in [1.82, 2.24) is 14.5 Å². The summed E-state index contributed by atoms with van der Waals surface area (Å²) >= 11 is 6.00. The first-order valence-electron chi connectivity index (χ1n) is 8.27. The maximum absolute atomic E-state index is 12.0. The molecular weight excluding hydrogens is 388 g/mol. The number of carbonyl (C=O) groups is 1. The van der Waals surface area contributed by atoms with Crippen LogP contribution < -0.4 is 4.74 Å². The first-order valence-corrected chi connectivity index (χ1v) is 8.65. The molecule has 0 bridgehead atoms. The summed E-state index contributed by atoms with van der Waals surface area (Å²) in [5.41, 5.74) is -0.339. The maximum Gasteiger partial charge on any atom is 0.312 e. The Labute approximate surface area is 165 Å². The summed E-state index contributed by atoms with van der Waals surface area (Å²) in [6.07, 6.45) is 1.66. The molecule has 0 saturated heterocycles. The molecule has 0 atom stereocenters. The molecule has 2 heterocycles. The van der Waals surface area contributed by atoms with Gasteiger partial charge < -0.3 is 9.47 Å². The zero-order valence-electron chi connectivity index (χ0n) is 15.4. The van der Waals surface area contributed by atoms with Crippen LogP contribution >= 0.6 is 11.6 Å². The van der Waals surface area contributed by atoms with Gasteiger partial charge in [-0.25, -0.2) is 0 Å². The first kappa shape index (κ1) is 19.6. The number of rotatable bonds is 5. The lowest BCUT2D eigenvalue weighted by Gasteiger charge is -2.17. The summed E-state index contributed by atoms with van der Waals surface area (Å²) in [5, 5.41) is 11.4. The van der Waals surface area contributed by atoms with E-state index >= 15 is 0 Å². The van der Waals surface area contributed by atoms with Crippen LogP contribution in [0.2, 0.25) is 5.28 Å². The summed E-state index contributed by atoms with van der Waals surface area (Å²) in [4.78, 5) is 30.6. The normalized spacial score (nSPS) is 11.4. The topological polar surface area (TPSA) is 109 Å². The third kappa shape index (κ3) is 4.20. The predicted octanol–water partition coefficient (Wildman–Crippen LogP) is 4.33. The largest absolute Gasteiger partial charge is 0.443 e. The van der Waals surface area contributed by atoms with Crippen molar-refractivity contribution < 1.29 is 19.2 Å². The van der Waals surface area contributed by atoms with E-state index in [1.165, 1.54) is 18.2 Å². The Hall–Kier alpha value is -3.20. The number of benzene rings is 1. The fourth-order valence-corrected chi connectivity index (χ4v) is 2.47. The molecule has 9 nitrogen and oxygen atoms in total. The Morgan fingerprint density at radius 1 is 1.29 bits per heavy atom. The van der Waals surface area contributed by atoms with Gasteiger partial charge in [-0.2, -0.15) is 9.97 Å². The average Bonchev–Trinajstić information content (AvgIpc) is 3.02. The molecule has 0 aliphatic carbocycles.